The molecule has 2 aliphatic heterocycles. The van der Waals surface area contributed by atoms with E-state index in [9.17, 15) is 9.18 Å². The monoisotopic (exact) mass is 333 g/mol. The van der Waals surface area contributed by atoms with Crippen molar-refractivity contribution in [3.05, 3.63) is 29.6 Å². The first-order chi connectivity index (χ1) is 11.1. The first-order valence-corrected chi connectivity index (χ1v) is 8.58. The predicted molar refractivity (Wildman–Crippen MR) is 91.8 cm³/mol. The van der Waals surface area contributed by atoms with Gasteiger partial charge in [0.25, 0.3) is 5.91 Å². The van der Waals surface area contributed by atoms with E-state index in [1.807, 2.05) is 34.6 Å². The van der Waals surface area contributed by atoms with Crippen molar-refractivity contribution in [2.24, 2.45) is 0 Å². The fourth-order valence-electron chi connectivity index (χ4n) is 3.22. The fraction of sp³-hybridized carbons (Fsp3) is 0.611. The zero-order chi connectivity index (χ0) is 17.7. The molecule has 1 aromatic carbocycles. The van der Waals surface area contributed by atoms with Crippen molar-refractivity contribution in [1.82, 2.24) is 4.90 Å². The topological polar surface area (TPSA) is 38.8 Å². The van der Waals surface area contributed by atoms with E-state index < -0.39 is 24.1 Å². The summed E-state index contributed by atoms with van der Waals surface area (Å²) in [5.74, 6) is -0.754. The van der Waals surface area contributed by atoms with Crippen molar-refractivity contribution < 1.29 is 18.5 Å². The molecule has 2 aliphatic rings. The van der Waals surface area contributed by atoms with Gasteiger partial charge in [0, 0.05) is 12.6 Å². The maximum absolute atomic E-state index is 14.3. The Hall–Kier alpha value is -1.40. The highest BCUT2D eigenvalue weighted by Gasteiger charge is 2.51. The Morgan fingerprint density at radius 1 is 1.25 bits per heavy atom. The minimum atomic E-state index is -0.599. The van der Waals surface area contributed by atoms with Gasteiger partial charge in [0.05, 0.1) is 16.8 Å². The predicted octanol–water partition coefficient (Wildman–Crippen LogP) is 2.75. The summed E-state index contributed by atoms with van der Waals surface area (Å²) in [4.78, 5) is 14.4. The van der Waals surface area contributed by atoms with Gasteiger partial charge in [0.1, 0.15) is 5.82 Å². The van der Waals surface area contributed by atoms with Crippen LogP contribution in [0.2, 0.25) is 0 Å². The quantitative estimate of drug-likeness (QED) is 0.781. The molecule has 1 amide bonds. The molecule has 0 radical (unpaired) electrons. The lowest BCUT2D eigenvalue weighted by atomic mass is 9.78. The van der Waals surface area contributed by atoms with Crippen LogP contribution in [0.3, 0.4) is 0 Å². The summed E-state index contributed by atoms with van der Waals surface area (Å²) in [6.45, 7) is 10.5. The SMILES string of the molecule is CC1CCCN1C(=O)c1cc(B2OC(C)(C)C(C)(C)O2)ccc1F. The van der Waals surface area contributed by atoms with Gasteiger partial charge in [-0.05, 0) is 65.1 Å². The Bertz CT molecular complexity index is 646. The van der Waals surface area contributed by atoms with Gasteiger partial charge in [-0.25, -0.2) is 4.39 Å². The summed E-state index contributed by atoms with van der Waals surface area (Å²) in [7, 11) is -0.599. The van der Waals surface area contributed by atoms with Gasteiger partial charge >= 0.3 is 7.12 Å². The molecule has 24 heavy (non-hydrogen) atoms. The lowest BCUT2D eigenvalue weighted by Crippen LogP contribution is -2.41. The first kappa shape index (κ1) is 17.4. The summed E-state index contributed by atoms with van der Waals surface area (Å²) in [5, 5.41) is 0. The molecule has 0 bridgehead atoms. The van der Waals surface area contributed by atoms with E-state index in [4.69, 9.17) is 9.31 Å². The molecule has 2 heterocycles. The zero-order valence-electron chi connectivity index (χ0n) is 15.1. The smallest absolute Gasteiger partial charge is 0.399 e. The number of carbonyl (C=O) groups excluding carboxylic acids is 1. The maximum atomic E-state index is 14.3. The summed E-state index contributed by atoms with van der Waals surface area (Å²) >= 11 is 0. The average Bonchev–Trinajstić information content (AvgIpc) is 3.00. The second-order valence-electron chi connectivity index (χ2n) is 7.82. The number of likely N-dealkylation sites (tertiary alicyclic amines) is 1. The Labute approximate surface area is 143 Å². The van der Waals surface area contributed by atoms with Gasteiger partial charge in [0.2, 0.25) is 0 Å². The summed E-state index contributed by atoms with van der Waals surface area (Å²) < 4.78 is 26.3. The number of amides is 1. The molecular weight excluding hydrogens is 308 g/mol. The van der Waals surface area contributed by atoms with Crippen molar-refractivity contribution in [1.29, 1.82) is 0 Å². The Morgan fingerprint density at radius 3 is 2.42 bits per heavy atom. The summed E-state index contributed by atoms with van der Waals surface area (Å²) in [5.41, 5.74) is -0.180. The van der Waals surface area contributed by atoms with Crippen molar-refractivity contribution in [2.75, 3.05) is 6.54 Å². The number of hydrogen-bond donors (Lipinski definition) is 0. The van der Waals surface area contributed by atoms with Crippen molar-refractivity contribution in [2.45, 2.75) is 64.7 Å². The van der Waals surface area contributed by atoms with Crippen LogP contribution in [0.25, 0.3) is 0 Å². The van der Waals surface area contributed by atoms with Crippen LogP contribution in [-0.4, -0.2) is 41.7 Å². The molecule has 0 aliphatic carbocycles. The third-order valence-electron chi connectivity index (χ3n) is 5.56. The molecule has 0 saturated carbocycles. The van der Waals surface area contributed by atoms with Gasteiger partial charge in [0.15, 0.2) is 0 Å². The second-order valence-corrected chi connectivity index (χ2v) is 7.82. The third kappa shape index (κ3) is 2.86. The van der Waals surface area contributed by atoms with E-state index in [0.29, 0.717) is 12.0 Å². The number of carbonyl (C=O) groups is 1. The molecule has 0 spiro atoms. The van der Waals surface area contributed by atoms with Crippen LogP contribution in [0.15, 0.2) is 18.2 Å². The van der Waals surface area contributed by atoms with Crippen LogP contribution in [0, 0.1) is 5.82 Å². The van der Waals surface area contributed by atoms with Crippen LogP contribution in [0.5, 0.6) is 0 Å². The molecule has 6 heteroatoms. The van der Waals surface area contributed by atoms with Crippen LogP contribution in [-0.2, 0) is 9.31 Å². The highest BCUT2D eigenvalue weighted by Crippen LogP contribution is 2.36. The Balaban J connectivity index is 1.89. The molecule has 3 rings (SSSR count). The fourth-order valence-corrected chi connectivity index (χ4v) is 3.22. The van der Waals surface area contributed by atoms with Gasteiger partial charge in [-0.15, -0.1) is 0 Å². The number of benzene rings is 1. The van der Waals surface area contributed by atoms with E-state index >= 15 is 0 Å². The number of rotatable bonds is 2. The van der Waals surface area contributed by atoms with Gasteiger partial charge in [-0.1, -0.05) is 6.07 Å². The van der Waals surface area contributed by atoms with E-state index in [0.717, 1.165) is 12.8 Å². The molecule has 2 saturated heterocycles. The lowest BCUT2D eigenvalue weighted by Gasteiger charge is -2.32. The number of nitrogens with zero attached hydrogens (tertiary/aromatic N) is 1. The van der Waals surface area contributed by atoms with E-state index in [1.165, 1.54) is 6.07 Å². The minimum absolute atomic E-state index is 0.0935. The Kier molecular flexibility index (Phi) is 4.25. The van der Waals surface area contributed by atoms with Crippen LogP contribution >= 0.6 is 0 Å². The highest BCUT2D eigenvalue weighted by molar-refractivity contribution is 6.62. The normalized spacial score (nSPS) is 25.3. The average molecular weight is 333 g/mol. The van der Waals surface area contributed by atoms with Crippen LogP contribution in [0.1, 0.15) is 57.8 Å². The third-order valence-corrected chi connectivity index (χ3v) is 5.56. The van der Waals surface area contributed by atoms with Crippen molar-refractivity contribution in [3.63, 3.8) is 0 Å². The number of hydrogen-bond acceptors (Lipinski definition) is 3. The van der Waals surface area contributed by atoms with E-state index in [1.54, 1.807) is 17.0 Å². The Morgan fingerprint density at radius 2 is 1.88 bits per heavy atom. The lowest BCUT2D eigenvalue weighted by molar-refractivity contribution is 0.00578. The zero-order valence-corrected chi connectivity index (χ0v) is 15.1. The molecular formula is C18H25BFNO3. The van der Waals surface area contributed by atoms with E-state index in [-0.39, 0.29) is 17.5 Å². The van der Waals surface area contributed by atoms with Crippen LogP contribution in [0.4, 0.5) is 4.39 Å². The van der Waals surface area contributed by atoms with Gasteiger partial charge < -0.3 is 14.2 Å². The highest BCUT2D eigenvalue weighted by atomic mass is 19.1. The molecule has 4 nitrogen and oxygen atoms in total. The largest absolute Gasteiger partial charge is 0.494 e. The molecule has 0 aromatic heterocycles. The standard InChI is InChI=1S/C18H25BFNO3/c1-12-7-6-10-21(12)16(22)14-11-13(8-9-15(14)20)19-23-17(2,3)18(4,5)24-19/h8-9,11-12H,6-7,10H2,1-5H3. The number of halogens is 1. The molecule has 1 atom stereocenters. The van der Waals surface area contributed by atoms with Gasteiger partial charge in [-0.2, -0.15) is 0 Å². The second kappa shape index (κ2) is 5.85. The molecule has 1 unspecified atom stereocenters. The summed E-state index contributed by atoms with van der Waals surface area (Å²) in [6.07, 6.45) is 1.93. The molecule has 2 fully saturated rings. The molecule has 1 aromatic rings. The maximum Gasteiger partial charge on any atom is 0.494 e. The summed E-state index contributed by atoms with van der Waals surface area (Å²) in [6, 6.07) is 4.68. The molecule has 130 valence electrons. The van der Waals surface area contributed by atoms with Gasteiger partial charge in [-0.3, -0.25) is 4.79 Å². The first-order valence-electron chi connectivity index (χ1n) is 8.58. The van der Waals surface area contributed by atoms with E-state index in [2.05, 4.69) is 0 Å². The van der Waals surface area contributed by atoms with Crippen molar-refractivity contribution >= 4 is 18.5 Å². The van der Waals surface area contributed by atoms with Crippen LogP contribution < -0.4 is 5.46 Å². The molecule has 0 N–H and O–H groups in total. The minimum Gasteiger partial charge on any atom is -0.399 e. The van der Waals surface area contributed by atoms with Crippen molar-refractivity contribution in [3.8, 4) is 0 Å².